The lowest BCUT2D eigenvalue weighted by Crippen LogP contribution is -2.32. The first-order valence-electron chi connectivity index (χ1n) is 7.46. The fraction of sp³-hybridized carbons (Fsp3) is 0.875. The largest absolute Gasteiger partial charge is 0.366 e. The van der Waals surface area contributed by atoms with Gasteiger partial charge in [-0.15, -0.1) is 0 Å². The second-order valence-corrected chi connectivity index (χ2v) is 7.23. The molecule has 0 aliphatic carbocycles. The number of nitrogens with one attached hydrogen (secondary N) is 1. The van der Waals surface area contributed by atoms with E-state index in [0.717, 1.165) is 19.3 Å². The van der Waals surface area contributed by atoms with Crippen LogP contribution < -0.4 is 5.32 Å². The van der Waals surface area contributed by atoms with E-state index in [0.29, 0.717) is 18.7 Å². The van der Waals surface area contributed by atoms with Gasteiger partial charge >= 0.3 is 0 Å². The Balaban J connectivity index is 3.54. The van der Waals surface area contributed by atoms with E-state index in [-0.39, 0.29) is 23.5 Å². The van der Waals surface area contributed by atoms with E-state index in [1.54, 1.807) is 0 Å². The van der Waals surface area contributed by atoms with Crippen molar-refractivity contribution < 1.29 is 14.3 Å². The van der Waals surface area contributed by atoms with E-state index in [9.17, 15) is 9.59 Å². The van der Waals surface area contributed by atoms with Crippen LogP contribution in [0.15, 0.2) is 0 Å². The van der Waals surface area contributed by atoms with Crippen LogP contribution >= 0.6 is 0 Å². The third-order valence-electron chi connectivity index (χ3n) is 2.88. The Hall–Kier alpha value is -0.900. The molecule has 118 valence electrons. The number of amides is 1. The molecule has 0 radical (unpaired) electrons. The maximum absolute atomic E-state index is 11.7. The molecular formula is C16H31NO3. The maximum Gasteiger partial charge on any atom is 0.246 e. The zero-order chi connectivity index (χ0) is 15.8. The second-order valence-electron chi connectivity index (χ2n) is 7.23. The standard InChI is InChI=1S/C16H31NO3/c1-15(2,3)13(18)10-8-7-9-11-17-14(19)12-20-16(4,5)6/h7-12H2,1-6H3,(H,17,19). The average molecular weight is 285 g/mol. The summed E-state index contributed by atoms with van der Waals surface area (Å²) >= 11 is 0. The molecular weight excluding hydrogens is 254 g/mol. The van der Waals surface area contributed by atoms with E-state index in [1.807, 2.05) is 41.5 Å². The molecule has 0 aliphatic rings. The van der Waals surface area contributed by atoms with Crippen molar-refractivity contribution in [3.63, 3.8) is 0 Å². The van der Waals surface area contributed by atoms with Crippen LogP contribution in [0.5, 0.6) is 0 Å². The zero-order valence-corrected chi connectivity index (χ0v) is 14.0. The van der Waals surface area contributed by atoms with E-state index in [1.165, 1.54) is 0 Å². The van der Waals surface area contributed by atoms with Crippen molar-refractivity contribution in [3.8, 4) is 0 Å². The van der Waals surface area contributed by atoms with Gasteiger partial charge in [0.15, 0.2) is 0 Å². The smallest absolute Gasteiger partial charge is 0.246 e. The molecule has 0 aromatic carbocycles. The van der Waals surface area contributed by atoms with Gasteiger partial charge in [0.05, 0.1) is 5.60 Å². The lowest BCUT2D eigenvalue weighted by atomic mass is 9.88. The van der Waals surface area contributed by atoms with Gasteiger partial charge in [-0.3, -0.25) is 9.59 Å². The van der Waals surface area contributed by atoms with Gasteiger partial charge in [0.1, 0.15) is 12.4 Å². The molecule has 0 saturated heterocycles. The number of hydrogen-bond donors (Lipinski definition) is 1. The predicted molar refractivity (Wildman–Crippen MR) is 81.6 cm³/mol. The number of carbonyl (C=O) groups excluding carboxylic acids is 2. The fourth-order valence-corrected chi connectivity index (χ4v) is 1.52. The Kier molecular flexibility index (Phi) is 8.02. The Labute approximate surface area is 123 Å². The number of carbonyl (C=O) groups is 2. The van der Waals surface area contributed by atoms with Crippen molar-refractivity contribution >= 4 is 11.7 Å². The average Bonchev–Trinajstić information content (AvgIpc) is 2.28. The van der Waals surface area contributed by atoms with Gasteiger partial charge < -0.3 is 10.1 Å². The molecule has 0 spiro atoms. The van der Waals surface area contributed by atoms with E-state index < -0.39 is 0 Å². The number of hydrogen-bond acceptors (Lipinski definition) is 3. The van der Waals surface area contributed by atoms with Crippen molar-refractivity contribution in [1.29, 1.82) is 0 Å². The van der Waals surface area contributed by atoms with E-state index in [2.05, 4.69) is 5.32 Å². The first kappa shape index (κ1) is 19.1. The van der Waals surface area contributed by atoms with Gasteiger partial charge in [-0.05, 0) is 33.6 Å². The molecule has 0 aliphatic heterocycles. The quantitative estimate of drug-likeness (QED) is 0.697. The molecule has 1 amide bonds. The van der Waals surface area contributed by atoms with Crippen LogP contribution in [0.4, 0.5) is 0 Å². The Morgan fingerprint density at radius 2 is 1.55 bits per heavy atom. The molecule has 0 saturated carbocycles. The highest BCUT2D eigenvalue weighted by atomic mass is 16.5. The second kappa shape index (κ2) is 8.40. The fourth-order valence-electron chi connectivity index (χ4n) is 1.52. The van der Waals surface area contributed by atoms with Gasteiger partial charge in [0.2, 0.25) is 5.91 Å². The van der Waals surface area contributed by atoms with Crippen molar-refractivity contribution in [1.82, 2.24) is 5.32 Å². The van der Waals surface area contributed by atoms with E-state index >= 15 is 0 Å². The highest BCUT2D eigenvalue weighted by Gasteiger charge is 2.19. The normalized spacial score (nSPS) is 12.3. The van der Waals surface area contributed by atoms with Gasteiger partial charge in [0.25, 0.3) is 0 Å². The van der Waals surface area contributed by atoms with Gasteiger partial charge in [-0.1, -0.05) is 27.2 Å². The van der Waals surface area contributed by atoms with E-state index in [4.69, 9.17) is 4.74 Å². The van der Waals surface area contributed by atoms with Crippen molar-refractivity contribution in [3.05, 3.63) is 0 Å². The lowest BCUT2D eigenvalue weighted by Gasteiger charge is -2.19. The highest BCUT2D eigenvalue weighted by molar-refractivity contribution is 5.83. The molecule has 0 unspecified atom stereocenters. The van der Waals surface area contributed by atoms with Gasteiger partial charge in [-0.25, -0.2) is 0 Å². The molecule has 0 bridgehead atoms. The predicted octanol–water partition coefficient (Wildman–Crippen LogP) is 3.09. The summed E-state index contributed by atoms with van der Waals surface area (Å²) in [5.41, 5.74) is -0.525. The zero-order valence-electron chi connectivity index (χ0n) is 14.0. The molecule has 0 rings (SSSR count). The molecule has 0 fully saturated rings. The summed E-state index contributed by atoms with van der Waals surface area (Å²) in [7, 11) is 0. The summed E-state index contributed by atoms with van der Waals surface area (Å²) in [5.74, 6) is 0.228. The highest BCUT2D eigenvalue weighted by Crippen LogP contribution is 2.18. The first-order valence-corrected chi connectivity index (χ1v) is 7.46. The third kappa shape index (κ3) is 11.0. The Morgan fingerprint density at radius 3 is 2.05 bits per heavy atom. The van der Waals surface area contributed by atoms with Crippen LogP contribution in [0.3, 0.4) is 0 Å². The topological polar surface area (TPSA) is 55.4 Å². The lowest BCUT2D eigenvalue weighted by molar-refractivity contribution is -0.130. The Bertz CT molecular complexity index is 311. The molecule has 4 nitrogen and oxygen atoms in total. The number of Topliss-reactive ketones (excluding diaryl/α,β-unsaturated/α-hetero) is 1. The molecule has 0 atom stereocenters. The summed E-state index contributed by atoms with van der Waals surface area (Å²) in [4.78, 5) is 23.2. The number of ketones is 1. The molecule has 4 heteroatoms. The van der Waals surface area contributed by atoms with Crippen LogP contribution in [0.25, 0.3) is 0 Å². The minimum Gasteiger partial charge on any atom is -0.366 e. The summed E-state index contributed by atoms with van der Waals surface area (Å²) in [6.07, 6.45) is 3.38. The van der Waals surface area contributed by atoms with Crippen LogP contribution in [0, 0.1) is 5.41 Å². The number of rotatable bonds is 8. The summed E-state index contributed by atoms with van der Waals surface area (Å²) in [6, 6.07) is 0. The third-order valence-corrected chi connectivity index (χ3v) is 2.88. The summed E-state index contributed by atoms with van der Waals surface area (Å²) in [5, 5.41) is 2.82. The minimum atomic E-state index is -0.287. The number of unbranched alkanes of at least 4 members (excludes halogenated alkanes) is 2. The van der Waals surface area contributed by atoms with Crippen LogP contribution in [0.2, 0.25) is 0 Å². The van der Waals surface area contributed by atoms with Gasteiger partial charge in [0, 0.05) is 18.4 Å². The number of ether oxygens (including phenoxy) is 1. The SMILES string of the molecule is CC(C)(C)OCC(=O)NCCCCCC(=O)C(C)(C)C. The molecule has 0 aromatic rings. The van der Waals surface area contributed by atoms with Crippen LogP contribution in [0.1, 0.15) is 67.2 Å². The molecule has 20 heavy (non-hydrogen) atoms. The van der Waals surface area contributed by atoms with Crippen molar-refractivity contribution in [2.75, 3.05) is 13.2 Å². The van der Waals surface area contributed by atoms with Crippen molar-refractivity contribution in [2.45, 2.75) is 72.8 Å². The molecule has 0 aromatic heterocycles. The van der Waals surface area contributed by atoms with Crippen LogP contribution in [-0.2, 0) is 14.3 Å². The maximum atomic E-state index is 11.7. The first-order chi connectivity index (χ1) is 9.02. The Morgan fingerprint density at radius 1 is 0.950 bits per heavy atom. The van der Waals surface area contributed by atoms with Crippen LogP contribution in [-0.4, -0.2) is 30.4 Å². The summed E-state index contributed by atoms with van der Waals surface area (Å²) in [6.45, 7) is 12.4. The molecule has 0 heterocycles. The monoisotopic (exact) mass is 285 g/mol. The van der Waals surface area contributed by atoms with Crippen molar-refractivity contribution in [2.24, 2.45) is 5.41 Å². The minimum absolute atomic E-state index is 0.0781. The van der Waals surface area contributed by atoms with Gasteiger partial charge in [-0.2, -0.15) is 0 Å². The molecule has 1 N–H and O–H groups in total. The summed E-state index contributed by atoms with van der Waals surface area (Å²) < 4.78 is 5.38.